The molecule has 0 saturated heterocycles. The average Bonchev–Trinajstić information content (AvgIpc) is 3.07. The van der Waals surface area contributed by atoms with E-state index < -0.39 is 11.7 Å². The number of thiophene rings is 1. The molecule has 3 aromatic rings. The first-order valence-electron chi connectivity index (χ1n) is 9.15. The lowest BCUT2D eigenvalue weighted by atomic mass is 10.2. The van der Waals surface area contributed by atoms with Crippen molar-refractivity contribution in [3.05, 3.63) is 46.1 Å². The monoisotopic (exact) mass is 455 g/mol. The van der Waals surface area contributed by atoms with Gasteiger partial charge in [-0.3, -0.25) is 4.79 Å². The summed E-state index contributed by atoms with van der Waals surface area (Å²) in [6.45, 7) is 2.27. The number of rotatable bonds is 8. The van der Waals surface area contributed by atoms with Crippen molar-refractivity contribution in [2.75, 3.05) is 27.4 Å². The standard InChI is InChI=1S/C20H20F3N3O4S/c1-11-15-18(29-3)25-14(10-28-2)26-19(15)31-16(11)17(27)24-8-9-30-13-6-4-12(5-7-13)20(21,22)23/h4-7H,8-10H2,1-3H3,(H,24,27). The molecule has 11 heteroatoms. The highest BCUT2D eigenvalue weighted by atomic mass is 32.1. The third-order valence-corrected chi connectivity index (χ3v) is 5.50. The van der Waals surface area contributed by atoms with Gasteiger partial charge in [0.2, 0.25) is 5.88 Å². The number of halogens is 3. The van der Waals surface area contributed by atoms with Crippen LogP contribution >= 0.6 is 11.3 Å². The minimum atomic E-state index is -4.40. The van der Waals surface area contributed by atoms with Crippen molar-refractivity contribution in [1.82, 2.24) is 15.3 Å². The van der Waals surface area contributed by atoms with E-state index in [1.165, 1.54) is 37.7 Å². The van der Waals surface area contributed by atoms with Crippen LogP contribution in [-0.4, -0.2) is 43.2 Å². The van der Waals surface area contributed by atoms with Gasteiger partial charge in [0.05, 0.1) is 29.5 Å². The molecule has 1 aromatic carbocycles. The molecule has 2 heterocycles. The topological polar surface area (TPSA) is 82.6 Å². The number of amides is 1. The summed E-state index contributed by atoms with van der Waals surface area (Å²) in [6, 6.07) is 4.37. The second kappa shape index (κ2) is 9.48. The number of nitrogens with one attached hydrogen (secondary N) is 1. The van der Waals surface area contributed by atoms with Gasteiger partial charge in [-0.2, -0.15) is 18.2 Å². The van der Waals surface area contributed by atoms with Gasteiger partial charge in [0.25, 0.3) is 5.91 Å². The summed E-state index contributed by atoms with van der Waals surface area (Å²) in [4.78, 5) is 22.4. The highest BCUT2D eigenvalue weighted by molar-refractivity contribution is 7.20. The van der Waals surface area contributed by atoms with Crippen molar-refractivity contribution in [3.63, 3.8) is 0 Å². The summed E-state index contributed by atoms with van der Waals surface area (Å²) in [6.07, 6.45) is -4.40. The Morgan fingerprint density at radius 1 is 1.16 bits per heavy atom. The van der Waals surface area contributed by atoms with Crippen LogP contribution in [0.3, 0.4) is 0 Å². The number of hydrogen-bond acceptors (Lipinski definition) is 7. The maximum Gasteiger partial charge on any atom is 0.416 e. The number of aryl methyl sites for hydroxylation is 1. The Morgan fingerprint density at radius 3 is 2.48 bits per heavy atom. The van der Waals surface area contributed by atoms with Crippen LogP contribution in [0.15, 0.2) is 24.3 Å². The van der Waals surface area contributed by atoms with Gasteiger partial charge in [0.15, 0.2) is 5.82 Å². The van der Waals surface area contributed by atoms with E-state index in [4.69, 9.17) is 14.2 Å². The molecule has 1 amide bonds. The predicted molar refractivity (Wildman–Crippen MR) is 109 cm³/mol. The Kier molecular flexibility index (Phi) is 6.96. The van der Waals surface area contributed by atoms with E-state index in [0.717, 1.165) is 12.1 Å². The fraction of sp³-hybridized carbons (Fsp3) is 0.350. The lowest BCUT2D eigenvalue weighted by molar-refractivity contribution is -0.137. The third-order valence-electron chi connectivity index (χ3n) is 4.31. The summed E-state index contributed by atoms with van der Waals surface area (Å²) in [5.74, 6) is 0.790. The number of hydrogen-bond donors (Lipinski definition) is 1. The number of ether oxygens (including phenoxy) is 3. The number of fused-ring (bicyclic) bond motifs is 1. The van der Waals surface area contributed by atoms with Crippen LogP contribution in [0.25, 0.3) is 10.2 Å². The highest BCUT2D eigenvalue weighted by Gasteiger charge is 2.30. The molecule has 0 unspecified atom stereocenters. The molecule has 3 rings (SSSR count). The maximum absolute atomic E-state index is 12.6. The minimum absolute atomic E-state index is 0.0994. The molecule has 0 aliphatic rings. The Labute approximate surface area is 180 Å². The molecular formula is C20H20F3N3O4S. The van der Waals surface area contributed by atoms with Crippen molar-refractivity contribution in [3.8, 4) is 11.6 Å². The van der Waals surface area contributed by atoms with Gasteiger partial charge in [-0.15, -0.1) is 11.3 Å². The molecule has 0 aliphatic heterocycles. The van der Waals surface area contributed by atoms with E-state index in [9.17, 15) is 18.0 Å². The van der Waals surface area contributed by atoms with Gasteiger partial charge in [-0.1, -0.05) is 0 Å². The Hall–Kier alpha value is -2.92. The van der Waals surface area contributed by atoms with Gasteiger partial charge in [0.1, 0.15) is 23.8 Å². The average molecular weight is 455 g/mol. The van der Waals surface area contributed by atoms with E-state index in [0.29, 0.717) is 32.4 Å². The van der Waals surface area contributed by atoms with Crippen LogP contribution in [0.4, 0.5) is 13.2 Å². The number of benzene rings is 1. The van der Waals surface area contributed by atoms with Gasteiger partial charge in [0, 0.05) is 7.11 Å². The molecule has 166 valence electrons. The molecule has 0 spiro atoms. The van der Waals surface area contributed by atoms with Gasteiger partial charge < -0.3 is 19.5 Å². The van der Waals surface area contributed by atoms with E-state index in [-0.39, 0.29) is 31.4 Å². The van der Waals surface area contributed by atoms with Crippen molar-refractivity contribution in [1.29, 1.82) is 0 Å². The zero-order chi connectivity index (χ0) is 22.6. The van der Waals surface area contributed by atoms with Crippen LogP contribution in [0.2, 0.25) is 0 Å². The molecule has 0 saturated carbocycles. The quantitative estimate of drug-likeness (QED) is 0.518. The predicted octanol–water partition coefficient (Wildman–Crippen LogP) is 3.98. The molecule has 0 aliphatic carbocycles. The molecule has 31 heavy (non-hydrogen) atoms. The Bertz CT molecular complexity index is 1070. The summed E-state index contributed by atoms with van der Waals surface area (Å²) >= 11 is 1.21. The SMILES string of the molecule is COCc1nc(OC)c2c(C)c(C(=O)NCCOc3ccc(C(F)(F)F)cc3)sc2n1. The summed E-state index contributed by atoms with van der Waals surface area (Å²) in [7, 11) is 3.03. The van der Waals surface area contributed by atoms with Crippen molar-refractivity contribution in [2.45, 2.75) is 19.7 Å². The zero-order valence-corrected chi connectivity index (χ0v) is 17.8. The summed E-state index contributed by atoms with van der Waals surface area (Å²) < 4.78 is 53.6. The lowest BCUT2D eigenvalue weighted by Gasteiger charge is -2.10. The summed E-state index contributed by atoms with van der Waals surface area (Å²) in [5.41, 5.74) is -0.0532. The zero-order valence-electron chi connectivity index (χ0n) is 17.0. The second-order valence-corrected chi connectivity index (χ2v) is 7.44. The fourth-order valence-electron chi connectivity index (χ4n) is 2.86. The normalized spacial score (nSPS) is 11.5. The number of methoxy groups -OCH3 is 2. The van der Waals surface area contributed by atoms with E-state index in [2.05, 4.69) is 15.3 Å². The van der Waals surface area contributed by atoms with Crippen molar-refractivity contribution in [2.24, 2.45) is 0 Å². The van der Waals surface area contributed by atoms with Crippen LogP contribution in [-0.2, 0) is 17.5 Å². The van der Waals surface area contributed by atoms with Gasteiger partial charge >= 0.3 is 6.18 Å². The number of nitrogens with zero attached hydrogens (tertiary/aromatic N) is 2. The Balaban J connectivity index is 1.63. The number of carbonyl (C=O) groups excluding carboxylic acids is 1. The van der Waals surface area contributed by atoms with Crippen LogP contribution in [0.5, 0.6) is 11.6 Å². The van der Waals surface area contributed by atoms with E-state index in [1.54, 1.807) is 6.92 Å². The van der Waals surface area contributed by atoms with E-state index >= 15 is 0 Å². The van der Waals surface area contributed by atoms with E-state index in [1.807, 2.05) is 0 Å². The molecule has 0 radical (unpaired) electrons. The molecule has 1 N–H and O–H groups in total. The van der Waals surface area contributed by atoms with Gasteiger partial charge in [-0.25, -0.2) is 4.98 Å². The number of alkyl halides is 3. The number of aromatic nitrogens is 2. The van der Waals surface area contributed by atoms with Crippen LogP contribution in [0, 0.1) is 6.92 Å². The van der Waals surface area contributed by atoms with Gasteiger partial charge in [-0.05, 0) is 36.8 Å². The first-order chi connectivity index (χ1) is 14.7. The van der Waals surface area contributed by atoms with Crippen LogP contribution < -0.4 is 14.8 Å². The maximum atomic E-state index is 12.6. The largest absolute Gasteiger partial charge is 0.492 e. The number of carbonyl (C=O) groups is 1. The third kappa shape index (κ3) is 5.23. The molecule has 7 nitrogen and oxygen atoms in total. The van der Waals surface area contributed by atoms with Crippen molar-refractivity contribution < 1.29 is 32.2 Å². The Morgan fingerprint density at radius 2 is 1.87 bits per heavy atom. The smallest absolute Gasteiger partial charge is 0.416 e. The summed E-state index contributed by atoms with van der Waals surface area (Å²) in [5, 5.41) is 3.40. The molecule has 0 bridgehead atoms. The first kappa shape index (κ1) is 22.8. The van der Waals surface area contributed by atoms with Crippen molar-refractivity contribution >= 4 is 27.5 Å². The fourth-order valence-corrected chi connectivity index (χ4v) is 3.96. The molecule has 2 aromatic heterocycles. The highest BCUT2D eigenvalue weighted by Crippen LogP contribution is 2.35. The van der Waals surface area contributed by atoms with Crippen LogP contribution in [0.1, 0.15) is 26.6 Å². The lowest BCUT2D eigenvalue weighted by Crippen LogP contribution is -2.27. The molecule has 0 atom stereocenters. The molecular weight excluding hydrogens is 435 g/mol. The molecule has 0 fully saturated rings. The second-order valence-electron chi connectivity index (χ2n) is 6.44. The minimum Gasteiger partial charge on any atom is -0.492 e. The first-order valence-corrected chi connectivity index (χ1v) is 9.97.